The van der Waals surface area contributed by atoms with Gasteiger partial charge in [0, 0.05) is 25.1 Å². The number of aromatic nitrogens is 2. The number of piperidine rings is 1. The Morgan fingerprint density at radius 3 is 2.77 bits per heavy atom. The summed E-state index contributed by atoms with van der Waals surface area (Å²) < 4.78 is 13.4. The molecule has 5 nitrogen and oxygen atoms in total. The zero-order chi connectivity index (χ0) is 14.9. The molecule has 0 spiro atoms. The smallest absolute Gasteiger partial charge is 0.231 e. The highest BCUT2D eigenvalue weighted by Crippen LogP contribution is 2.36. The van der Waals surface area contributed by atoms with Crippen LogP contribution in [-0.4, -0.2) is 29.4 Å². The average molecular weight is 301 g/mol. The van der Waals surface area contributed by atoms with Gasteiger partial charge in [-0.3, -0.25) is 0 Å². The maximum Gasteiger partial charge on any atom is 0.231 e. The van der Waals surface area contributed by atoms with Crippen LogP contribution in [0.4, 0.5) is 0 Å². The number of nitrogens with one attached hydrogen (secondary N) is 1. The van der Waals surface area contributed by atoms with Gasteiger partial charge in [0.1, 0.15) is 5.82 Å². The summed E-state index contributed by atoms with van der Waals surface area (Å²) in [6.07, 6.45) is 4.62. The molecule has 1 aromatic carbocycles. The third-order valence-electron chi connectivity index (χ3n) is 4.69. The normalized spacial score (nSPS) is 18.2. The van der Waals surface area contributed by atoms with Crippen LogP contribution < -0.4 is 14.8 Å². The molecule has 5 heteroatoms. The van der Waals surface area contributed by atoms with Crippen LogP contribution in [0, 0.1) is 5.92 Å². The minimum Gasteiger partial charge on any atom is -0.454 e. The molecule has 0 unspecified atom stereocenters. The maximum atomic E-state index is 5.55. The fourth-order valence-corrected chi connectivity index (χ4v) is 3.51. The Kier molecular flexibility index (Phi) is 3.66. The molecule has 3 heterocycles. The van der Waals surface area contributed by atoms with Crippen LogP contribution in [-0.2, 0) is 13.0 Å². The monoisotopic (exact) mass is 301 g/mol. The summed E-state index contributed by atoms with van der Waals surface area (Å²) in [6.45, 7) is 5.85. The van der Waals surface area contributed by atoms with Crippen molar-refractivity contribution >= 4 is 11.0 Å². The summed E-state index contributed by atoms with van der Waals surface area (Å²) >= 11 is 0. The van der Waals surface area contributed by atoms with Crippen LogP contribution in [0.1, 0.15) is 32.0 Å². The van der Waals surface area contributed by atoms with Crippen molar-refractivity contribution in [1.82, 2.24) is 14.9 Å². The summed E-state index contributed by atoms with van der Waals surface area (Å²) in [5.41, 5.74) is 2.22. The lowest BCUT2D eigenvalue weighted by molar-refractivity contribution is 0.174. The molecule has 0 bridgehead atoms. The van der Waals surface area contributed by atoms with Gasteiger partial charge in [0.25, 0.3) is 0 Å². The van der Waals surface area contributed by atoms with E-state index in [2.05, 4.69) is 22.9 Å². The lowest BCUT2D eigenvalue weighted by atomic mass is 9.98. The quantitative estimate of drug-likeness (QED) is 0.943. The van der Waals surface area contributed by atoms with Gasteiger partial charge in [-0.05, 0) is 38.3 Å². The molecule has 1 aromatic heterocycles. The van der Waals surface area contributed by atoms with E-state index in [1.807, 2.05) is 6.07 Å². The van der Waals surface area contributed by atoms with Crippen molar-refractivity contribution in [3.8, 4) is 11.5 Å². The van der Waals surface area contributed by atoms with Gasteiger partial charge in [0.05, 0.1) is 11.0 Å². The number of aryl methyl sites for hydroxylation is 1. The molecule has 1 saturated heterocycles. The average Bonchev–Trinajstić information content (AvgIpc) is 3.11. The lowest BCUT2D eigenvalue weighted by Crippen LogP contribution is -2.30. The van der Waals surface area contributed by atoms with Gasteiger partial charge < -0.3 is 19.4 Å². The van der Waals surface area contributed by atoms with E-state index in [1.54, 1.807) is 0 Å². The molecule has 118 valence electrons. The van der Waals surface area contributed by atoms with Crippen molar-refractivity contribution in [1.29, 1.82) is 0 Å². The molecule has 4 rings (SSSR count). The number of hydrogen-bond donors (Lipinski definition) is 1. The second kappa shape index (κ2) is 5.80. The molecule has 0 amide bonds. The van der Waals surface area contributed by atoms with Gasteiger partial charge in [0.2, 0.25) is 6.79 Å². The Balaban J connectivity index is 1.73. The first-order valence-corrected chi connectivity index (χ1v) is 8.34. The van der Waals surface area contributed by atoms with Crippen LogP contribution >= 0.6 is 0 Å². The zero-order valence-corrected chi connectivity index (χ0v) is 13.1. The van der Waals surface area contributed by atoms with E-state index in [0.29, 0.717) is 6.79 Å². The summed E-state index contributed by atoms with van der Waals surface area (Å²) in [4.78, 5) is 4.86. The molecule has 2 aliphatic rings. The third-order valence-corrected chi connectivity index (χ3v) is 4.69. The predicted octanol–water partition coefficient (Wildman–Crippen LogP) is 2.72. The number of hydrogen-bond acceptors (Lipinski definition) is 4. The molecule has 0 atom stereocenters. The van der Waals surface area contributed by atoms with E-state index in [0.717, 1.165) is 55.4 Å². The molecular formula is C17H23N3O2. The predicted molar refractivity (Wildman–Crippen MR) is 85.4 cm³/mol. The fourth-order valence-electron chi connectivity index (χ4n) is 3.51. The van der Waals surface area contributed by atoms with Crippen molar-refractivity contribution in [3.05, 3.63) is 18.0 Å². The van der Waals surface area contributed by atoms with E-state index in [1.165, 1.54) is 24.2 Å². The highest BCUT2D eigenvalue weighted by Gasteiger charge is 2.21. The Morgan fingerprint density at radius 1 is 1.23 bits per heavy atom. The first-order chi connectivity index (χ1) is 10.8. The minimum absolute atomic E-state index is 0.318. The van der Waals surface area contributed by atoms with Crippen molar-refractivity contribution in [2.45, 2.75) is 39.2 Å². The molecule has 1 N–H and O–H groups in total. The highest BCUT2D eigenvalue weighted by atomic mass is 16.7. The molecule has 2 aromatic rings. The van der Waals surface area contributed by atoms with Gasteiger partial charge in [-0.1, -0.05) is 6.92 Å². The highest BCUT2D eigenvalue weighted by molar-refractivity contribution is 5.81. The second-order valence-corrected chi connectivity index (χ2v) is 6.28. The SMILES string of the molecule is CCCc1nc2cc3c(cc2n1CC1CCNCC1)OCO3. The molecule has 2 aliphatic heterocycles. The first kappa shape index (κ1) is 13.9. The number of fused-ring (bicyclic) bond motifs is 2. The molecule has 0 aliphatic carbocycles. The maximum absolute atomic E-state index is 5.55. The topological polar surface area (TPSA) is 48.3 Å². The summed E-state index contributed by atoms with van der Waals surface area (Å²) in [5, 5.41) is 3.44. The van der Waals surface area contributed by atoms with Gasteiger partial charge in [-0.25, -0.2) is 4.98 Å². The second-order valence-electron chi connectivity index (χ2n) is 6.28. The largest absolute Gasteiger partial charge is 0.454 e. The van der Waals surface area contributed by atoms with Crippen LogP contribution in [0.3, 0.4) is 0 Å². The molecular weight excluding hydrogens is 278 g/mol. The lowest BCUT2D eigenvalue weighted by Gasteiger charge is -2.24. The molecule has 0 saturated carbocycles. The molecule has 22 heavy (non-hydrogen) atoms. The van der Waals surface area contributed by atoms with E-state index < -0.39 is 0 Å². The number of rotatable bonds is 4. The standard InChI is InChI=1S/C17H23N3O2/c1-2-3-17-19-13-8-15-16(22-11-21-15)9-14(13)20(17)10-12-4-6-18-7-5-12/h8-9,12,18H,2-7,10-11H2,1H3. The number of ether oxygens (including phenoxy) is 2. The van der Waals surface area contributed by atoms with Crippen molar-refractivity contribution in [2.75, 3.05) is 19.9 Å². The van der Waals surface area contributed by atoms with Crippen LogP contribution in [0.2, 0.25) is 0 Å². The van der Waals surface area contributed by atoms with E-state index >= 15 is 0 Å². The van der Waals surface area contributed by atoms with Gasteiger partial charge in [-0.15, -0.1) is 0 Å². The van der Waals surface area contributed by atoms with Crippen LogP contribution in [0.5, 0.6) is 11.5 Å². The Bertz CT molecular complexity index is 674. The van der Waals surface area contributed by atoms with Gasteiger partial charge in [-0.2, -0.15) is 0 Å². The minimum atomic E-state index is 0.318. The van der Waals surface area contributed by atoms with E-state index in [4.69, 9.17) is 14.5 Å². The molecule has 0 radical (unpaired) electrons. The Morgan fingerprint density at radius 2 is 2.00 bits per heavy atom. The summed E-state index contributed by atoms with van der Waals surface area (Å²) in [7, 11) is 0. The summed E-state index contributed by atoms with van der Waals surface area (Å²) in [5.74, 6) is 3.60. The zero-order valence-electron chi connectivity index (χ0n) is 13.1. The number of nitrogens with zero attached hydrogens (tertiary/aromatic N) is 2. The Labute approximate surface area is 130 Å². The fraction of sp³-hybridized carbons (Fsp3) is 0.588. The first-order valence-electron chi connectivity index (χ1n) is 8.34. The van der Waals surface area contributed by atoms with Gasteiger partial charge in [0.15, 0.2) is 11.5 Å². The van der Waals surface area contributed by atoms with E-state index in [9.17, 15) is 0 Å². The van der Waals surface area contributed by atoms with Crippen molar-refractivity contribution in [3.63, 3.8) is 0 Å². The molecule has 1 fully saturated rings. The number of imidazole rings is 1. The Hall–Kier alpha value is -1.75. The van der Waals surface area contributed by atoms with Crippen LogP contribution in [0.15, 0.2) is 12.1 Å². The van der Waals surface area contributed by atoms with Crippen molar-refractivity contribution in [2.24, 2.45) is 5.92 Å². The summed E-state index contributed by atoms with van der Waals surface area (Å²) in [6, 6.07) is 4.13. The van der Waals surface area contributed by atoms with Gasteiger partial charge >= 0.3 is 0 Å². The van der Waals surface area contributed by atoms with Crippen molar-refractivity contribution < 1.29 is 9.47 Å². The van der Waals surface area contributed by atoms with Crippen LogP contribution in [0.25, 0.3) is 11.0 Å². The van der Waals surface area contributed by atoms with E-state index in [-0.39, 0.29) is 0 Å². The number of benzene rings is 1. The third kappa shape index (κ3) is 2.43.